The van der Waals surface area contributed by atoms with Crippen LogP contribution < -0.4 is 5.32 Å². The standard InChI is InChI=1S/C15H17BrCl2N2/c1-4-20-9(2)7-11(10(20)3)8-19-13-6-5-12(16)14(17)15(13)18/h5-7,19H,4,8H2,1-3H3. The Morgan fingerprint density at radius 3 is 2.50 bits per heavy atom. The Morgan fingerprint density at radius 2 is 1.90 bits per heavy atom. The third-order valence-corrected chi connectivity index (χ3v) is 5.27. The van der Waals surface area contributed by atoms with Gasteiger partial charge in [0.1, 0.15) is 0 Å². The van der Waals surface area contributed by atoms with E-state index in [1.54, 1.807) is 0 Å². The van der Waals surface area contributed by atoms with Crippen LogP contribution in [-0.4, -0.2) is 4.57 Å². The van der Waals surface area contributed by atoms with Crippen LogP contribution in [0.25, 0.3) is 0 Å². The number of aromatic nitrogens is 1. The van der Waals surface area contributed by atoms with Gasteiger partial charge >= 0.3 is 0 Å². The molecule has 1 aromatic heterocycles. The molecule has 0 saturated heterocycles. The maximum atomic E-state index is 6.24. The molecule has 2 aromatic rings. The van der Waals surface area contributed by atoms with Crippen molar-refractivity contribution in [1.82, 2.24) is 4.57 Å². The van der Waals surface area contributed by atoms with Gasteiger partial charge in [0.15, 0.2) is 0 Å². The highest BCUT2D eigenvalue weighted by atomic mass is 79.9. The fourth-order valence-electron chi connectivity index (χ4n) is 2.39. The highest BCUT2D eigenvalue weighted by molar-refractivity contribution is 9.10. The predicted molar refractivity (Wildman–Crippen MR) is 91.1 cm³/mol. The molecule has 0 aliphatic heterocycles. The molecule has 1 aromatic carbocycles. The molecule has 20 heavy (non-hydrogen) atoms. The van der Waals surface area contributed by atoms with Crippen molar-refractivity contribution in [3.8, 4) is 0 Å². The zero-order valence-electron chi connectivity index (χ0n) is 11.7. The topological polar surface area (TPSA) is 17.0 Å². The molecule has 0 aliphatic carbocycles. The zero-order valence-corrected chi connectivity index (χ0v) is 14.8. The van der Waals surface area contributed by atoms with Crippen LogP contribution in [0.15, 0.2) is 22.7 Å². The normalized spacial score (nSPS) is 10.9. The first-order chi connectivity index (χ1) is 9.45. The maximum absolute atomic E-state index is 6.24. The summed E-state index contributed by atoms with van der Waals surface area (Å²) in [5.41, 5.74) is 4.69. The second-order valence-corrected chi connectivity index (χ2v) is 6.33. The summed E-state index contributed by atoms with van der Waals surface area (Å²) in [6, 6.07) is 6.03. The molecular formula is C15H17BrCl2N2. The van der Waals surface area contributed by atoms with Crippen LogP contribution in [0.4, 0.5) is 5.69 Å². The van der Waals surface area contributed by atoms with Gasteiger partial charge in [-0.2, -0.15) is 0 Å². The minimum atomic E-state index is 0.538. The number of hydrogen-bond donors (Lipinski definition) is 1. The molecule has 1 N–H and O–H groups in total. The van der Waals surface area contributed by atoms with Crippen LogP contribution in [0.2, 0.25) is 10.0 Å². The van der Waals surface area contributed by atoms with Gasteiger partial charge in [-0.1, -0.05) is 23.2 Å². The van der Waals surface area contributed by atoms with Gasteiger partial charge in [0.25, 0.3) is 0 Å². The Kier molecular flexibility index (Phi) is 5.05. The number of nitrogens with zero attached hydrogens (tertiary/aromatic N) is 1. The molecule has 5 heteroatoms. The average molecular weight is 376 g/mol. The Hall–Kier alpha value is -0.640. The Labute approximate surface area is 138 Å². The van der Waals surface area contributed by atoms with Crippen LogP contribution >= 0.6 is 39.1 Å². The Bertz CT molecular complexity index is 635. The van der Waals surface area contributed by atoms with E-state index in [1.165, 1.54) is 17.0 Å². The lowest BCUT2D eigenvalue weighted by atomic mass is 10.2. The SMILES string of the molecule is CCn1c(C)cc(CNc2ccc(Br)c(Cl)c2Cl)c1C. The maximum Gasteiger partial charge on any atom is 0.0835 e. The van der Waals surface area contributed by atoms with Crippen LogP contribution in [0.1, 0.15) is 23.9 Å². The van der Waals surface area contributed by atoms with Crippen LogP contribution in [0.3, 0.4) is 0 Å². The molecule has 108 valence electrons. The van der Waals surface area contributed by atoms with Crippen LogP contribution in [0.5, 0.6) is 0 Å². The van der Waals surface area contributed by atoms with Crippen molar-refractivity contribution in [2.45, 2.75) is 33.9 Å². The molecule has 2 nitrogen and oxygen atoms in total. The number of aryl methyl sites for hydroxylation is 1. The van der Waals surface area contributed by atoms with Crippen molar-refractivity contribution in [1.29, 1.82) is 0 Å². The fourth-order valence-corrected chi connectivity index (χ4v) is 3.23. The molecule has 2 rings (SSSR count). The van der Waals surface area contributed by atoms with E-state index in [-0.39, 0.29) is 0 Å². The van der Waals surface area contributed by atoms with E-state index in [0.29, 0.717) is 10.0 Å². The van der Waals surface area contributed by atoms with E-state index >= 15 is 0 Å². The van der Waals surface area contributed by atoms with Crippen LogP contribution in [-0.2, 0) is 13.1 Å². The van der Waals surface area contributed by atoms with Crippen LogP contribution in [0, 0.1) is 13.8 Å². The number of halogens is 3. The van der Waals surface area contributed by atoms with Gasteiger partial charge in [-0.25, -0.2) is 0 Å². The monoisotopic (exact) mass is 374 g/mol. The summed E-state index contributed by atoms with van der Waals surface area (Å²) >= 11 is 15.7. The fraction of sp³-hybridized carbons (Fsp3) is 0.333. The summed E-state index contributed by atoms with van der Waals surface area (Å²) < 4.78 is 3.10. The van der Waals surface area contributed by atoms with Crippen molar-refractivity contribution < 1.29 is 0 Å². The lowest BCUT2D eigenvalue weighted by molar-refractivity contribution is 0.715. The highest BCUT2D eigenvalue weighted by Gasteiger charge is 2.10. The lowest BCUT2D eigenvalue weighted by Crippen LogP contribution is -2.03. The average Bonchev–Trinajstić information content (AvgIpc) is 2.69. The van der Waals surface area contributed by atoms with Crippen molar-refractivity contribution >= 4 is 44.8 Å². The third-order valence-electron chi connectivity index (χ3n) is 3.50. The van der Waals surface area contributed by atoms with E-state index in [1.807, 2.05) is 12.1 Å². The molecule has 0 spiro atoms. The summed E-state index contributed by atoms with van der Waals surface area (Å²) in [5, 5.41) is 4.44. The molecule has 0 aliphatic rings. The van der Waals surface area contributed by atoms with E-state index in [0.717, 1.165) is 23.2 Å². The van der Waals surface area contributed by atoms with Crippen molar-refractivity contribution in [3.63, 3.8) is 0 Å². The smallest absolute Gasteiger partial charge is 0.0835 e. The third kappa shape index (κ3) is 3.00. The Morgan fingerprint density at radius 1 is 1.20 bits per heavy atom. The van der Waals surface area contributed by atoms with Crippen molar-refractivity contribution in [3.05, 3.63) is 49.7 Å². The summed E-state index contributed by atoms with van der Waals surface area (Å²) in [5.74, 6) is 0. The van der Waals surface area contributed by atoms with E-state index < -0.39 is 0 Å². The van der Waals surface area contributed by atoms with Gasteiger partial charge in [0.05, 0.1) is 15.7 Å². The Balaban J connectivity index is 2.19. The molecule has 0 fully saturated rings. The predicted octanol–water partition coefficient (Wildman–Crippen LogP) is 5.81. The molecule has 0 saturated carbocycles. The minimum Gasteiger partial charge on any atom is -0.380 e. The molecule has 0 unspecified atom stereocenters. The first-order valence-corrected chi connectivity index (χ1v) is 8.03. The number of rotatable bonds is 4. The number of nitrogens with one attached hydrogen (secondary N) is 1. The molecule has 0 bridgehead atoms. The summed E-state index contributed by atoms with van der Waals surface area (Å²) in [6.45, 7) is 8.15. The quantitative estimate of drug-likeness (QED) is 0.667. The molecule has 0 amide bonds. The lowest BCUT2D eigenvalue weighted by Gasteiger charge is -2.11. The zero-order chi connectivity index (χ0) is 14.9. The van der Waals surface area contributed by atoms with Gasteiger partial charge in [-0.3, -0.25) is 0 Å². The number of benzene rings is 1. The summed E-state index contributed by atoms with van der Waals surface area (Å²) in [6.07, 6.45) is 0. The first-order valence-electron chi connectivity index (χ1n) is 6.48. The van der Waals surface area contributed by atoms with Crippen molar-refractivity contribution in [2.75, 3.05) is 5.32 Å². The highest BCUT2D eigenvalue weighted by Crippen LogP contribution is 2.36. The largest absolute Gasteiger partial charge is 0.380 e. The van der Waals surface area contributed by atoms with E-state index in [2.05, 4.69) is 52.7 Å². The second kappa shape index (κ2) is 6.42. The van der Waals surface area contributed by atoms with E-state index in [9.17, 15) is 0 Å². The summed E-state index contributed by atoms with van der Waals surface area (Å²) in [7, 11) is 0. The second-order valence-electron chi connectivity index (χ2n) is 4.72. The van der Waals surface area contributed by atoms with Crippen molar-refractivity contribution in [2.24, 2.45) is 0 Å². The van der Waals surface area contributed by atoms with Gasteiger partial charge in [0.2, 0.25) is 0 Å². The molecule has 0 atom stereocenters. The van der Waals surface area contributed by atoms with Gasteiger partial charge in [-0.15, -0.1) is 0 Å². The molecule has 1 heterocycles. The molecule has 0 radical (unpaired) electrons. The molecular weight excluding hydrogens is 359 g/mol. The van der Waals surface area contributed by atoms with Gasteiger partial charge < -0.3 is 9.88 Å². The van der Waals surface area contributed by atoms with E-state index in [4.69, 9.17) is 23.2 Å². The first kappa shape index (κ1) is 15.7. The number of hydrogen-bond acceptors (Lipinski definition) is 1. The number of anilines is 1. The minimum absolute atomic E-state index is 0.538. The summed E-state index contributed by atoms with van der Waals surface area (Å²) in [4.78, 5) is 0. The van der Waals surface area contributed by atoms with Gasteiger partial charge in [-0.05, 0) is 60.5 Å². The van der Waals surface area contributed by atoms with Gasteiger partial charge in [0, 0.05) is 29.0 Å².